The maximum absolute atomic E-state index is 15.7. The molecule has 3 aliphatic rings. The third-order valence-electron chi connectivity index (χ3n) is 8.18. The van der Waals surface area contributed by atoms with Crippen LogP contribution in [0.25, 0.3) is 22.4 Å². The van der Waals surface area contributed by atoms with E-state index in [2.05, 4.69) is 9.97 Å². The molecule has 3 aromatic rings. The summed E-state index contributed by atoms with van der Waals surface area (Å²) in [5.41, 5.74) is 2.60. The number of carboxylic acid groups (broad SMARTS) is 1. The summed E-state index contributed by atoms with van der Waals surface area (Å²) in [5.74, 6) is -1.36. The minimum Gasteiger partial charge on any atom is -0.481 e. The highest BCUT2D eigenvalue weighted by Crippen LogP contribution is 2.43. The van der Waals surface area contributed by atoms with Crippen molar-refractivity contribution >= 4 is 51.7 Å². The molecule has 42 heavy (non-hydrogen) atoms. The number of amides is 2. The first-order chi connectivity index (χ1) is 20.2. The SMILES string of the molecule is CN1C(=O)Cc2cc(-c3ccc(Cl)cc3-c3nc(N(C(=O)[C@@H](CC(=O)O)CC4CCOCC4)C4CC4)sc3F)cnc21. The Bertz CT molecular complexity index is 1550. The zero-order valence-corrected chi connectivity index (χ0v) is 24.6. The number of carbonyl (C=O) groups is 3. The van der Waals surface area contributed by atoms with Gasteiger partial charge in [0.05, 0.1) is 12.8 Å². The van der Waals surface area contributed by atoms with Gasteiger partial charge >= 0.3 is 5.97 Å². The van der Waals surface area contributed by atoms with E-state index in [0.29, 0.717) is 47.2 Å². The van der Waals surface area contributed by atoms with E-state index in [0.717, 1.165) is 42.6 Å². The van der Waals surface area contributed by atoms with Crippen molar-refractivity contribution in [3.05, 3.63) is 46.2 Å². The minimum atomic E-state index is -1.04. The molecule has 2 aromatic heterocycles. The molecular weight excluding hydrogens is 583 g/mol. The average Bonchev–Trinajstić information content (AvgIpc) is 3.66. The number of carbonyl (C=O) groups excluding carboxylic acids is 2. The maximum atomic E-state index is 15.7. The second kappa shape index (κ2) is 11.7. The molecule has 1 N–H and O–H groups in total. The highest BCUT2D eigenvalue weighted by Gasteiger charge is 2.40. The van der Waals surface area contributed by atoms with Gasteiger partial charge < -0.3 is 9.84 Å². The van der Waals surface area contributed by atoms with Crippen molar-refractivity contribution in [3.63, 3.8) is 0 Å². The van der Waals surface area contributed by atoms with Crippen molar-refractivity contribution in [2.24, 2.45) is 11.8 Å². The number of thiazole rings is 1. The molecule has 2 aliphatic heterocycles. The summed E-state index contributed by atoms with van der Waals surface area (Å²) in [7, 11) is 1.68. The number of benzene rings is 1. The number of hydrogen-bond acceptors (Lipinski definition) is 7. The Morgan fingerprint density at radius 1 is 1.21 bits per heavy atom. The first-order valence-corrected chi connectivity index (χ1v) is 15.2. The topological polar surface area (TPSA) is 113 Å². The van der Waals surface area contributed by atoms with Gasteiger partial charge in [0, 0.05) is 60.1 Å². The standard InChI is InChI=1S/C30H30ClFN4O5S/c1-35-24(37)12-17-11-19(15-33-28(17)35)22-5-2-20(31)14-23(22)26-27(32)42-30(34-26)36(21-3-4-21)29(40)18(13-25(38)39)10-16-6-8-41-9-7-16/h2,5,11,14-16,18,21H,3-4,6-10,12-13H2,1H3,(H,38,39)/t18-/m1/s1. The molecule has 12 heteroatoms. The first-order valence-electron chi connectivity index (χ1n) is 14.0. The molecule has 0 unspecified atom stereocenters. The minimum absolute atomic E-state index is 0.0518. The van der Waals surface area contributed by atoms with Crippen LogP contribution in [0.4, 0.5) is 15.3 Å². The quantitative estimate of drug-likeness (QED) is 0.335. The Labute approximate surface area is 251 Å². The highest BCUT2D eigenvalue weighted by molar-refractivity contribution is 7.14. The summed E-state index contributed by atoms with van der Waals surface area (Å²) in [6.45, 7) is 1.20. The Morgan fingerprint density at radius 2 is 1.98 bits per heavy atom. The van der Waals surface area contributed by atoms with Crippen LogP contribution in [0.2, 0.25) is 5.02 Å². The van der Waals surface area contributed by atoms with Gasteiger partial charge in [-0.05, 0) is 61.8 Å². The lowest BCUT2D eigenvalue weighted by Gasteiger charge is -2.29. The van der Waals surface area contributed by atoms with E-state index in [1.54, 1.807) is 31.4 Å². The lowest BCUT2D eigenvalue weighted by Crippen LogP contribution is -2.40. The Hall–Kier alpha value is -3.41. The van der Waals surface area contributed by atoms with Crippen molar-refractivity contribution in [1.82, 2.24) is 9.97 Å². The summed E-state index contributed by atoms with van der Waals surface area (Å²) in [6.07, 6.45) is 5.07. The predicted octanol–water partition coefficient (Wildman–Crippen LogP) is 5.59. The lowest BCUT2D eigenvalue weighted by molar-refractivity contribution is -0.141. The lowest BCUT2D eigenvalue weighted by atomic mass is 9.86. The third kappa shape index (κ3) is 5.77. The Kier molecular flexibility index (Phi) is 7.99. The fourth-order valence-electron chi connectivity index (χ4n) is 5.83. The molecule has 0 spiro atoms. The summed E-state index contributed by atoms with van der Waals surface area (Å²) in [4.78, 5) is 50.0. The van der Waals surface area contributed by atoms with E-state index in [1.807, 2.05) is 6.07 Å². The predicted molar refractivity (Wildman–Crippen MR) is 157 cm³/mol. The van der Waals surface area contributed by atoms with Gasteiger partial charge in [-0.25, -0.2) is 9.97 Å². The van der Waals surface area contributed by atoms with Gasteiger partial charge in [0.25, 0.3) is 0 Å². The fraction of sp³-hybridized carbons (Fsp3) is 0.433. The molecule has 1 atom stereocenters. The number of hydrogen-bond donors (Lipinski definition) is 1. The first kappa shape index (κ1) is 28.7. The monoisotopic (exact) mass is 612 g/mol. The molecule has 9 nitrogen and oxygen atoms in total. The molecule has 0 bridgehead atoms. The van der Waals surface area contributed by atoms with Gasteiger partial charge in [-0.2, -0.15) is 4.39 Å². The van der Waals surface area contributed by atoms with E-state index in [4.69, 9.17) is 16.3 Å². The molecule has 1 aromatic carbocycles. The van der Waals surface area contributed by atoms with E-state index >= 15 is 4.39 Å². The average molecular weight is 613 g/mol. The number of anilines is 2. The van der Waals surface area contributed by atoms with E-state index in [-0.39, 0.29) is 47.4 Å². The van der Waals surface area contributed by atoms with E-state index in [1.165, 1.54) is 9.80 Å². The number of ether oxygens (including phenoxy) is 1. The van der Waals surface area contributed by atoms with Crippen molar-refractivity contribution in [2.45, 2.75) is 51.0 Å². The second-order valence-corrected chi connectivity index (χ2v) is 12.5. The number of aliphatic carboxylic acids is 1. The number of halogens is 2. The number of carboxylic acids is 1. The molecule has 2 amide bonds. The smallest absolute Gasteiger partial charge is 0.304 e. The van der Waals surface area contributed by atoms with Gasteiger partial charge in [-0.1, -0.05) is 29.0 Å². The number of aromatic nitrogens is 2. The maximum Gasteiger partial charge on any atom is 0.304 e. The number of rotatable bonds is 9. The zero-order valence-electron chi connectivity index (χ0n) is 23.0. The normalized spacial score (nSPS) is 17.8. The summed E-state index contributed by atoms with van der Waals surface area (Å²) in [6, 6.07) is 6.82. The van der Waals surface area contributed by atoms with Crippen LogP contribution in [0, 0.1) is 17.0 Å². The van der Waals surface area contributed by atoms with Crippen LogP contribution in [0.5, 0.6) is 0 Å². The van der Waals surface area contributed by atoms with Crippen molar-refractivity contribution in [1.29, 1.82) is 0 Å². The largest absolute Gasteiger partial charge is 0.481 e. The summed E-state index contributed by atoms with van der Waals surface area (Å²) < 4.78 is 21.2. The van der Waals surface area contributed by atoms with Crippen LogP contribution in [-0.2, 0) is 25.5 Å². The molecular formula is C30H30ClFN4O5S. The van der Waals surface area contributed by atoms with E-state index < -0.39 is 17.0 Å². The van der Waals surface area contributed by atoms with E-state index in [9.17, 15) is 19.5 Å². The van der Waals surface area contributed by atoms with Crippen LogP contribution >= 0.6 is 22.9 Å². The van der Waals surface area contributed by atoms with Crippen molar-refractivity contribution in [3.8, 4) is 22.4 Å². The van der Waals surface area contributed by atoms with Crippen LogP contribution in [0.3, 0.4) is 0 Å². The molecule has 1 saturated heterocycles. The molecule has 220 valence electrons. The Balaban J connectivity index is 1.34. The van der Waals surface area contributed by atoms with Crippen LogP contribution < -0.4 is 9.80 Å². The molecule has 1 aliphatic carbocycles. The van der Waals surface area contributed by atoms with Crippen LogP contribution in [-0.4, -0.2) is 59.2 Å². The second-order valence-electron chi connectivity index (χ2n) is 11.2. The van der Waals surface area contributed by atoms with Gasteiger partial charge in [0.2, 0.25) is 16.9 Å². The van der Waals surface area contributed by atoms with Gasteiger partial charge in [0.1, 0.15) is 11.5 Å². The molecule has 4 heterocycles. The van der Waals surface area contributed by atoms with Gasteiger partial charge in [0.15, 0.2) is 5.13 Å². The number of pyridine rings is 1. The van der Waals surface area contributed by atoms with Crippen LogP contribution in [0.1, 0.15) is 44.1 Å². The zero-order chi connectivity index (χ0) is 29.5. The molecule has 6 rings (SSSR count). The summed E-state index contributed by atoms with van der Waals surface area (Å²) in [5, 5.41) is 9.64. The summed E-state index contributed by atoms with van der Waals surface area (Å²) >= 11 is 7.14. The number of likely N-dealkylation sites (N-methyl/N-ethyl adjacent to an activating group) is 1. The molecule has 0 radical (unpaired) electrons. The fourth-order valence-corrected chi connectivity index (χ4v) is 6.89. The highest BCUT2D eigenvalue weighted by atomic mass is 35.5. The van der Waals surface area contributed by atoms with Gasteiger partial charge in [-0.3, -0.25) is 24.2 Å². The molecule has 2 fully saturated rings. The third-order valence-corrected chi connectivity index (χ3v) is 9.26. The van der Waals surface area contributed by atoms with Crippen molar-refractivity contribution in [2.75, 3.05) is 30.1 Å². The number of nitrogens with zero attached hydrogens (tertiary/aromatic N) is 4. The van der Waals surface area contributed by atoms with Crippen LogP contribution in [0.15, 0.2) is 30.5 Å². The molecule has 1 saturated carbocycles. The number of fused-ring (bicyclic) bond motifs is 1. The van der Waals surface area contributed by atoms with Crippen molar-refractivity contribution < 1.29 is 28.6 Å². The Morgan fingerprint density at radius 3 is 2.69 bits per heavy atom. The van der Waals surface area contributed by atoms with Gasteiger partial charge in [-0.15, -0.1) is 0 Å².